The monoisotopic (exact) mass is 406 g/mol. The van der Waals surface area contributed by atoms with Crippen molar-refractivity contribution in [1.29, 1.82) is 0 Å². The fourth-order valence-corrected chi connectivity index (χ4v) is 8.24. The lowest BCUT2D eigenvalue weighted by atomic mass is 9.35. The second-order valence-corrected chi connectivity index (χ2v) is 10.5. The van der Waals surface area contributed by atoms with Crippen molar-refractivity contribution >= 4 is 11.8 Å². The van der Waals surface area contributed by atoms with Gasteiger partial charge in [-0.15, -0.1) is 0 Å². The number of fused-ring (bicyclic) bond motifs is 2. The maximum atomic E-state index is 13.5. The van der Waals surface area contributed by atoms with E-state index in [-0.39, 0.29) is 12.0 Å². The SMILES string of the molecule is C=C1C(=O)[C@]23[C@@H](O)[C@H]1CC[C@H]2[C@@]12CO[C@]3(O)[C@@H](O)[C@@H]1C(C)(C)CC[C@@H]2OC(C)=O. The minimum Gasteiger partial charge on any atom is -0.462 e. The third kappa shape index (κ3) is 1.86. The highest BCUT2D eigenvalue weighted by atomic mass is 16.6. The molecule has 9 atom stereocenters. The molecular weight excluding hydrogens is 376 g/mol. The van der Waals surface area contributed by atoms with Crippen LogP contribution in [0, 0.1) is 34.0 Å². The maximum absolute atomic E-state index is 13.5. The van der Waals surface area contributed by atoms with Gasteiger partial charge in [-0.3, -0.25) is 9.59 Å². The van der Waals surface area contributed by atoms with Crippen molar-refractivity contribution in [1.82, 2.24) is 0 Å². The topological polar surface area (TPSA) is 113 Å². The van der Waals surface area contributed by atoms with Crippen LogP contribution in [0.3, 0.4) is 0 Å². The van der Waals surface area contributed by atoms with Gasteiger partial charge in [0.15, 0.2) is 5.78 Å². The fourth-order valence-electron chi connectivity index (χ4n) is 8.24. The summed E-state index contributed by atoms with van der Waals surface area (Å²) in [4.78, 5) is 25.5. The summed E-state index contributed by atoms with van der Waals surface area (Å²) in [7, 11) is 0. The summed E-state index contributed by atoms with van der Waals surface area (Å²) in [6, 6.07) is 0. The van der Waals surface area contributed by atoms with Gasteiger partial charge < -0.3 is 24.8 Å². The van der Waals surface area contributed by atoms with Gasteiger partial charge in [0.25, 0.3) is 0 Å². The summed E-state index contributed by atoms with van der Waals surface area (Å²) >= 11 is 0. The fraction of sp³-hybridized carbons (Fsp3) is 0.818. The molecule has 6 aliphatic rings. The number of rotatable bonds is 1. The number of Topliss-reactive ketones (excluding diaryl/α,β-unsaturated/α-hetero) is 1. The van der Waals surface area contributed by atoms with Crippen molar-refractivity contribution < 1.29 is 34.4 Å². The van der Waals surface area contributed by atoms with Crippen LogP contribution in [0.2, 0.25) is 0 Å². The van der Waals surface area contributed by atoms with E-state index in [0.29, 0.717) is 31.3 Å². The highest BCUT2D eigenvalue weighted by Gasteiger charge is 2.87. The summed E-state index contributed by atoms with van der Waals surface area (Å²) < 4.78 is 11.7. The second kappa shape index (κ2) is 5.49. The van der Waals surface area contributed by atoms with Crippen LogP contribution < -0.4 is 0 Å². The first kappa shape index (κ1) is 19.7. The number of ether oxygens (including phenoxy) is 2. The molecule has 0 aromatic heterocycles. The van der Waals surface area contributed by atoms with E-state index in [4.69, 9.17) is 9.47 Å². The summed E-state index contributed by atoms with van der Waals surface area (Å²) in [5.41, 5.74) is -2.60. The van der Waals surface area contributed by atoms with Crippen molar-refractivity contribution in [3.63, 3.8) is 0 Å². The molecule has 4 saturated carbocycles. The van der Waals surface area contributed by atoms with Crippen LogP contribution >= 0.6 is 0 Å². The smallest absolute Gasteiger partial charge is 0.302 e. The van der Waals surface area contributed by atoms with Crippen LogP contribution in [-0.4, -0.2) is 57.8 Å². The third-order valence-corrected chi connectivity index (χ3v) is 9.16. The number of carbonyl (C=O) groups is 2. The first-order chi connectivity index (χ1) is 13.5. The number of hydrogen-bond donors (Lipinski definition) is 3. The Morgan fingerprint density at radius 3 is 2.55 bits per heavy atom. The number of aliphatic hydroxyl groups is 3. The van der Waals surface area contributed by atoms with E-state index in [9.17, 15) is 24.9 Å². The average Bonchev–Trinajstić information content (AvgIpc) is 2.74. The van der Waals surface area contributed by atoms with Crippen LogP contribution in [0.4, 0.5) is 0 Å². The molecule has 3 N–H and O–H groups in total. The summed E-state index contributed by atoms with van der Waals surface area (Å²) in [5, 5.41) is 34.5. The molecule has 2 aliphatic heterocycles. The Kier molecular flexibility index (Phi) is 3.73. The molecule has 160 valence electrons. The standard InChI is InChI=1S/C22H30O7/c1-10-12-5-6-13-20-9-28-22(27,21(13,16(10)24)17(12)25)18(26)15(20)19(3,4)8-7-14(20)29-11(2)23/h12-15,17-18,25-27H,1,5-9H2,2-4H3/t12-,13-,14-,15+,17-,18-,20+,21-,22+/m0/s1. The molecule has 0 amide bonds. The number of carbonyl (C=O) groups excluding carboxylic acids is 2. The molecule has 4 aliphatic carbocycles. The molecule has 0 aromatic rings. The van der Waals surface area contributed by atoms with Gasteiger partial charge in [-0.25, -0.2) is 0 Å². The molecule has 29 heavy (non-hydrogen) atoms. The molecule has 6 fully saturated rings. The predicted molar refractivity (Wildman–Crippen MR) is 100 cm³/mol. The number of esters is 1. The largest absolute Gasteiger partial charge is 0.462 e. The van der Waals surface area contributed by atoms with E-state index in [1.807, 2.05) is 13.8 Å². The predicted octanol–water partition coefficient (Wildman–Crippen LogP) is 0.946. The van der Waals surface area contributed by atoms with E-state index < -0.39 is 64.4 Å². The van der Waals surface area contributed by atoms with Crippen molar-refractivity contribution in [3.05, 3.63) is 12.2 Å². The number of aliphatic hydroxyl groups excluding tert-OH is 2. The van der Waals surface area contributed by atoms with Crippen LogP contribution in [0.15, 0.2) is 12.2 Å². The highest BCUT2D eigenvalue weighted by molar-refractivity contribution is 6.05. The van der Waals surface area contributed by atoms with Gasteiger partial charge in [-0.1, -0.05) is 20.4 Å². The Morgan fingerprint density at radius 2 is 1.90 bits per heavy atom. The lowest BCUT2D eigenvalue weighted by Gasteiger charge is -2.74. The normalized spacial score (nSPS) is 54.7. The van der Waals surface area contributed by atoms with E-state index >= 15 is 0 Å². The van der Waals surface area contributed by atoms with Crippen molar-refractivity contribution in [2.45, 2.75) is 70.6 Å². The van der Waals surface area contributed by atoms with Gasteiger partial charge in [0.2, 0.25) is 5.79 Å². The van der Waals surface area contributed by atoms with Crippen molar-refractivity contribution in [2.24, 2.45) is 34.0 Å². The van der Waals surface area contributed by atoms with Gasteiger partial charge in [-0.2, -0.15) is 0 Å². The highest BCUT2D eigenvalue weighted by Crippen LogP contribution is 2.76. The number of hydrogen-bond acceptors (Lipinski definition) is 7. The summed E-state index contributed by atoms with van der Waals surface area (Å²) in [6.45, 7) is 9.43. The molecule has 0 radical (unpaired) electrons. The van der Waals surface area contributed by atoms with E-state index in [1.54, 1.807) is 0 Å². The van der Waals surface area contributed by atoms with Gasteiger partial charge in [0.05, 0.1) is 12.7 Å². The molecule has 6 rings (SSSR count). The van der Waals surface area contributed by atoms with Gasteiger partial charge in [0.1, 0.15) is 17.6 Å². The molecule has 0 unspecified atom stereocenters. The van der Waals surface area contributed by atoms with E-state index in [2.05, 4.69) is 6.58 Å². The molecule has 0 aromatic carbocycles. The first-order valence-electron chi connectivity index (χ1n) is 10.6. The Hall–Kier alpha value is -1.28. The van der Waals surface area contributed by atoms with Crippen molar-refractivity contribution in [2.75, 3.05) is 6.61 Å². The van der Waals surface area contributed by atoms with Crippen LogP contribution in [0.1, 0.15) is 46.5 Å². The Bertz CT molecular complexity index is 820. The van der Waals surface area contributed by atoms with Gasteiger partial charge >= 0.3 is 5.97 Å². The summed E-state index contributed by atoms with van der Waals surface area (Å²) in [6.07, 6.45) is -0.674. The second-order valence-electron chi connectivity index (χ2n) is 10.5. The Labute approximate surface area is 170 Å². The average molecular weight is 406 g/mol. The molecule has 7 heteroatoms. The molecule has 2 heterocycles. The van der Waals surface area contributed by atoms with Gasteiger partial charge in [-0.05, 0) is 42.6 Å². The third-order valence-electron chi connectivity index (χ3n) is 9.16. The van der Waals surface area contributed by atoms with Gasteiger partial charge in [0, 0.05) is 24.2 Å². The minimum atomic E-state index is -2.19. The summed E-state index contributed by atoms with van der Waals surface area (Å²) in [5.74, 6) is -4.38. The van der Waals surface area contributed by atoms with E-state index in [1.165, 1.54) is 6.92 Å². The lowest BCUT2D eigenvalue weighted by molar-refractivity contribution is -0.458. The molecule has 2 saturated heterocycles. The minimum absolute atomic E-state index is 0.0795. The van der Waals surface area contributed by atoms with Crippen LogP contribution in [-0.2, 0) is 19.1 Å². The maximum Gasteiger partial charge on any atom is 0.302 e. The Morgan fingerprint density at radius 1 is 1.21 bits per heavy atom. The zero-order chi connectivity index (χ0) is 21.1. The molecular formula is C22H30O7. The molecule has 2 spiro atoms. The first-order valence-corrected chi connectivity index (χ1v) is 10.6. The van der Waals surface area contributed by atoms with Crippen LogP contribution in [0.25, 0.3) is 0 Å². The lowest BCUT2D eigenvalue weighted by Crippen LogP contribution is -2.85. The zero-order valence-corrected chi connectivity index (χ0v) is 17.2. The Balaban J connectivity index is 1.79. The molecule has 7 nitrogen and oxygen atoms in total. The van der Waals surface area contributed by atoms with Crippen LogP contribution in [0.5, 0.6) is 0 Å². The molecule has 4 bridgehead atoms. The van der Waals surface area contributed by atoms with E-state index in [0.717, 1.165) is 0 Å². The van der Waals surface area contributed by atoms with Crippen molar-refractivity contribution in [3.8, 4) is 0 Å². The number of ketones is 1. The zero-order valence-electron chi connectivity index (χ0n) is 17.2. The quantitative estimate of drug-likeness (QED) is 0.439.